The van der Waals surface area contributed by atoms with Crippen LogP contribution in [0.15, 0.2) is 25.3 Å². The Morgan fingerprint density at radius 1 is 1.19 bits per heavy atom. The van der Waals surface area contributed by atoms with Crippen molar-refractivity contribution in [2.24, 2.45) is 0 Å². The van der Waals surface area contributed by atoms with Gasteiger partial charge in [0.05, 0.1) is 0 Å². The van der Waals surface area contributed by atoms with Gasteiger partial charge in [0.25, 0.3) is 0 Å². The second-order valence-electron chi connectivity index (χ2n) is 3.20. The normalized spacial score (nSPS) is 10.4. The summed E-state index contributed by atoms with van der Waals surface area (Å²) in [6, 6.07) is 0. The number of aliphatic hydroxyl groups is 1. The Morgan fingerprint density at radius 3 is 1.81 bits per heavy atom. The Morgan fingerprint density at radius 2 is 1.56 bits per heavy atom. The molecule has 0 aromatic heterocycles. The van der Waals surface area contributed by atoms with Crippen LogP contribution >= 0.6 is 0 Å². The van der Waals surface area contributed by atoms with Gasteiger partial charge in [0.2, 0.25) is 0 Å². The molecule has 0 fully saturated rings. The van der Waals surface area contributed by atoms with Crippen LogP contribution < -0.4 is 0 Å². The van der Waals surface area contributed by atoms with Gasteiger partial charge in [-0.3, -0.25) is 0 Å². The molecule has 0 aliphatic carbocycles. The average Bonchev–Trinajstić information content (AvgIpc) is 2.32. The van der Waals surface area contributed by atoms with Gasteiger partial charge in [0.1, 0.15) is 18.8 Å². The Balaban J connectivity index is 4.19. The lowest BCUT2D eigenvalue weighted by molar-refractivity contribution is -0.157. The van der Waals surface area contributed by atoms with Crippen LogP contribution in [0.5, 0.6) is 0 Å². The molecule has 0 spiro atoms. The van der Waals surface area contributed by atoms with Crippen molar-refractivity contribution in [2.45, 2.75) is 18.9 Å². The van der Waals surface area contributed by atoms with Crippen molar-refractivity contribution >= 4 is 11.9 Å². The highest BCUT2D eigenvalue weighted by Crippen LogP contribution is 2.11. The molecular formula is C11H16O5. The Labute approximate surface area is 94.4 Å². The molecular weight excluding hydrogens is 212 g/mol. The Bertz CT molecular complexity index is 258. The van der Waals surface area contributed by atoms with Crippen molar-refractivity contribution in [1.82, 2.24) is 0 Å². The molecule has 0 aromatic carbocycles. The summed E-state index contributed by atoms with van der Waals surface area (Å²) in [5.74, 6) is -1.27. The predicted octanol–water partition coefficient (Wildman–Crippen LogP) is 0.586. The van der Waals surface area contributed by atoms with Gasteiger partial charge in [0.15, 0.2) is 0 Å². The maximum absolute atomic E-state index is 10.8. The first-order chi connectivity index (χ1) is 7.47. The summed E-state index contributed by atoms with van der Waals surface area (Å²) in [4.78, 5) is 21.6. The summed E-state index contributed by atoms with van der Waals surface area (Å²) in [6.07, 6.45) is 2.26. The van der Waals surface area contributed by atoms with E-state index >= 15 is 0 Å². The lowest BCUT2D eigenvalue weighted by atomic mass is 10.0. The van der Waals surface area contributed by atoms with E-state index in [2.05, 4.69) is 22.6 Å². The smallest absolute Gasteiger partial charge is 0.330 e. The minimum absolute atomic E-state index is 0.251. The summed E-state index contributed by atoms with van der Waals surface area (Å²) in [5, 5.41) is 9.89. The molecule has 0 unspecified atom stereocenters. The number of carbonyl (C=O) groups is 2. The zero-order chi connectivity index (χ0) is 12.6. The first-order valence-electron chi connectivity index (χ1n) is 4.78. The van der Waals surface area contributed by atoms with Gasteiger partial charge in [-0.25, -0.2) is 9.59 Å². The summed E-state index contributed by atoms with van der Waals surface area (Å²) in [5.41, 5.74) is -1.38. The predicted molar refractivity (Wildman–Crippen MR) is 57.6 cm³/mol. The molecule has 5 nitrogen and oxygen atoms in total. The summed E-state index contributed by atoms with van der Waals surface area (Å²) >= 11 is 0. The van der Waals surface area contributed by atoms with Crippen molar-refractivity contribution in [3.8, 4) is 0 Å². The summed E-state index contributed by atoms with van der Waals surface area (Å²) in [7, 11) is 0. The van der Waals surface area contributed by atoms with Gasteiger partial charge in [0, 0.05) is 12.2 Å². The van der Waals surface area contributed by atoms with Crippen LogP contribution in [0.2, 0.25) is 0 Å². The first kappa shape index (κ1) is 14.4. The molecule has 0 amide bonds. The van der Waals surface area contributed by atoms with E-state index < -0.39 is 17.5 Å². The van der Waals surface area contributed by atoms with Crippen LogP contribution in [0.1, 0.15) is 13.3 Å². The van der Waals surface area contributed by atoms with Crippen molar-refractivity contribution < 1.29 is 24.2 Å². The number of ether oxygens (including phenoxy) is 2. The Kier molecular flexibility index (Phi) is 6.10. The molecule has 0 aliphatic heterocycles. The molecule has 0 atom stereocenters. The molecule has 0 saturated carbocycles. The molecule has 0 bridgehead atoms. The molecule has 0 radical (unpaired) electrons. The fourth-order valence-electron chi connectivity index (χ4n) is 0.775. The third kappa shape index (κ3) is 5.31. The van der Waals surface area contributed by atoms with E-state index in [1.807, 2.05) is 0 Å². The highest BCUT2D eigenvalue weighted by atomic mass is 16.6. The van der Waals surface area contributed by atoms with Gasteiger partial charge in [-0.05, 0) is 6.42 Å². The van der Waals surface area contributed by atoms with Crippen LogP contribution in [0, 0.1) is 0 Å². The zero-order valence-corrected chi connectivity index (χ0v) is 9.27. The van der Waals surface area contributed by atoms with E-state index in [-0.39, 0.29) is 19.6 Å². The van der Waals surface area contributed by atoms with E-state index in [4.69, 9.17) is 0 Å². The summed E-state index contributed by atoms with van der Waals surface area (Å²) < 4.78 is 9.38. The average molecular weight is 228 g/mol. The van der Waals surface area contributed by atoms with Gasteiger partial charge >= 0.3 is 11.9 Å². The number of rotatable bonds is 7. The SMILES string of the molecule is C=CC(=O)OCC(O)(CC)COC(=O)C=C. The third-order valence-electron chi connectivity index (χ3n) is 1.96. The van der Waals surface area contributed by atoms with Crippen LogP contribution in [-0.2, 0) is 19.1 Å². The summed E-state index contributed by atoms with van der Waals surface area (Å²) in [6.45, 7) is 7.62. The maximum Gasteiger partial charge on any atom is 0.330 e. The largest absolute Gasteiger partial charge is 0.459 e. The highest BCUT2D eigenvalue weighted by Gasteiger charge is 2.28. The van der Waals surface area contributed by atoms with Crippen molar-refractivity contribution in [3.05, 3.63) is 25.3 Å². The van der Waals surface area contributed by atoms with E-state index in [0.717, 1.165) is 12.2 Å². The van der Waals surface area contributed by atoms with E-state index in [9.17, 15) is 14.7 Å². The number of esters is 2. The van der Waals surface area contributed by atoms with Crippen LogP contribution in [-0.4, -0.2) is 35.9 Å². The number of hydrogen-bond acceptors (Lipinski definition) is 5. The molecule has 0 heterocycles. The zero-order valence-electron chi connectivity index (χ0n) is 9.27. The van der Waals surface area contributed by atoms with Crippen molar-refractivity contribution in [3.63, 3.8) is 0 Å². The van der Waals surface area contributed by atoms with Crippen LogP contribution in [0.25, 0.3) is 0 Å². The quantitative estimate of drug-likeness (QED) is 0.510. The van der Waals surface area contributed by atoms with Gasteiger partial charge in [-0.15, -0.1) is 0 Å². The maximum atomic E-state index is 10.8. The van der Waals surface area contributed by atoms with Crippen LogP contribution in [0.4, 0.5) is 0 Å². The topological polar surface area (TPSA) is 72.8 Å². The molecule has 0 rings (SSSR count). The van der Waals surface area contributed by atoms with Gasteiger partial charge in [-0.2, -0.15) is 0 Å². The minimum atomic E-state index is -1.38. The fraction of sp³-hybridized carbons (Fsp3) is 0.455. The molecule has 0 aliphatic rings. The van der Waals surface area contributed by atoms with Gasteiger partial charge in [-0.1, -0.05) is 20.1 Å². The molecule has 5 heteroatoms. The van der Waals surface area contributed by atoms with Crippen LogP contribution in [0.3, 0.4) is 0 Å². The first-order valence-corrected chi connectivity index (χ1v) is 4.78. The monoisotopic (exact) mass is 228 g/mol. The number of carbonyl (C=O) groups excluding carboxylic acids is 2. The Hall–Kier alpha value is -1.62. The molecule has 1 N–H and O–H groups in total. The lowest BCUT2D eigenvalue weighted by Gasteiger charge is -2.25. The molecule has 90 valence electrons. The lowest BCUT2D eigenvalue weighted by Crippen LogP contribution is -2.40. The van der Waals surface area contributed by atoms with Crippen molar-refractivity contribution in [2.75, 3.05) is 13.2 Å². The molecule has 16 heavy (non-hydrogen) atoms. The minimum Gasteiger partial charge on any atom is -0.459 e. The van der Waals surface area contributed by atoms with E-state index in [1.165, 1.54) is 0 Å². The fourth-order valence-corrected chi connectivity index (χ4v) is 0.775. The molecule has 0 saturated heterocycles. The van der Waals surface area contributed by atoms with E-state index in [1.54, 1.807) is 6.92 Å². The highest BCUT2D eigenvalue weighted by molar-refractivity contribution is 5.81. The number of hydrogen-bond donors (Lipinski definition) is 1. The van der Waals surface area contributed by atoms with Crippen molar-refractivity contribution in [1.29, 1.82) is 0 Å². The molecule has 0 aromatic rings. The second kappa shape index (κ2) is 6.79. The standard InChI is InChI=1S/C11H16O5/c1-4-9(12)15-7-11(14,6-3)8-16-10(13)5-2/h4-5,14H,1-2,6-8H2,3H3. The van der Waals surface area contributed by atoms with Gasteiger partial charge < -0.3 is 14.6 Å². The second-order valence-corrected chi connectivity index (χ2v) is 3.20. The third-order valence-corrected chi connectivity index (χ3v) is 1.96. The van der Waals surface area contributed by atoms with E-state index in [0.29, 0.717) is 0 Å².